The molecule has 0 radical (unpaired) electrons. The van der Waals surface area contributed by atoms with Crippen molar-refractivity contribution in [2.24, 2.45) is 0 Å². The van der Waals surface area contributed by atoms with Crippen molar-refractivity contribution in [1.29, 1.82) is 0 Å². The molecule has 0 bridgehead atoms. The number of rotatable bonds is 6. The lowest BCUT2D eigenvalue weighted by Crippen LogP contribution is -2.19. The minimum atomic E-state index is 0.742. The van der Waals surface area contributed by atoms with Crippen LogP contribution in [0.25, 0.3) is 0 Å². The van der Waals surface area contributed by atoms with Gasteiger partial charge < -0.3 is 10.2 Å². The summed E-state index contributed by atoms with van der Waals surface area (Å²) in [5.74, 6) is 1.03. The fourth-order valence-electron chi connectivity index (χ4n) is 2.49. The summed E-state index contributed by atoms with van der Waals surface area (Å²) in [4.78, 5) is 6.70. The zero-order chi connectivity index (χ0) is 14.7. The molecule has 1 aromatic carbocycles. The molecule has 3 nitrogen and oxygen atoms in total. The number of anilines is 1. The van der Waals surface area contributed by atoms with Gasteiger partial charge in [-0.15, -0.1) is 0 Å². The van der Waals surface area contributed by atoms with Gasteiger partial charge in [0.1, 0.15) is 5.82 Å². The summed E-state index contributed by atoms with van der Waals surface area (Å²) >= 11 is 0. The van der Waals surface area contributed by atoms with E-state index in [4.69, 9.17) is 0 Å². The van der Waals surface area contributed by atoms with E-state index in [1.54, 1.807) is 0 Å². The first kappa shape index (κ1) is 14.1. The maximum absolute atomic E-state index is 4.50. The van der Waals surface area contributed by atoms with Gasteiger partial charge in [0.05, 0.1) is 0 Å². The van der Waals surface area contributed by atoms with Crippen molar-refractivity contribution in [3.63, 3.8) is 0 Å². The largest absolute Gasteiger partial charge is 0.355 e. The average Bonchev–Trinajstić information content (AvgIpc) is 3.30. The van der Waals surface area contributed by atoms with E-state index >= 15 is 0 Å². The highest BCUT2D eigenvalue weighted by Gasteiger charge is 2.20. The molecule has 1 aliphatic rings. The maximum Gasteiger partial charge on any atom is 0.128 e. The van der Waals surface area contributed by atoms with Gasteiger partial charge in [-0.2, -0.15) is 0 Å². The topological polar surface area (TPSA) is 28.2 Å². The van der Waals surface area contributed by atoms with Crippen LogP contribution in [0.1, 0.15) is 29.5 Å². The molecule has 1 aliphatic carbocycles. The number of aromatic nitrogens is 1. The van der Waals surface area contributed by atoms with Gasteiger partial charge >= 0.3 is 0 Å². The molecule has 3 rings (SSSR count). The quantitative estimate of drug-likeness (QED) is 0.880. The van der Waals surface area contributed by atoms with Gasteiger partial charge in [0.25, 0.3) is 0 Å². The fraction of sp³-hybridized carbons (Fsp3) is 0.389. The van der Waals surface area contributed by atoms with E-state index in [9.17, 15) is 0 Å². The van der Waals surface area contributed by atoms with Crippen LogP contribution in [0.15, 0.2) is 42.6 Å². The molecule has 0 amide bonds. The minimum absolute atomic E-state index is 0.742. The molecule has 1 N–H and O–H groups in total. The van der Waals surface area contributed by atoms with Crippen molar-refractivity contribution in [3.8, 4) is 0 Å². The second kappa shape index (κ2) is 6.27. The van der Waals surface area contributed by atoms with Crippen LogP contribution in [-0.2, 0) is 13.1 Å². The molecule has 1 aromatic heterocycles. The van der Waals surface area contributed by atoms with Crippen molar-refractivity contribution in [1.82, 2.24) is 10.3 Å². The van der Waals surface area contributed by atoms with E-state index in [1.807, 2.05) is 6.20 Å². The molecule has 0 saturated heterocycles. The Morgan fingerprint density at radius 3 is 2.81 bits per heavy atom. The Hall–Kier alpha value is -1.87. The molecule has 1 saturated carbocycles. The van der Waals surface area contributed by atoms with Crippen LogP contribution >= 0.6 is 0 Å². The van der Waals surface area contributed by atoms with Crippen molar-refractivity contribution in [3.05, 3.63) is 59.3 Å². The SMILES string of the molecule is Cc1cccc(CN(C)c2cc(CNC3CC3)ccn2)c1. The summed E-state index contributed by atoms with van der Waals surface area (Å²) < 4.78 is 0. The number of hydrogen-bond donors (Lipinski definition) is 1. The first-order valence-corrected chi connectivity index (χ1v) is 7.66. The van der Waals surface area contributed by atoms with Gasteiger partial charge in [0, 0.05) is 32.4 Å². The van der Waals surface area contributed by atoms with Gasteiger partial charge in [-0.05, 0) is 43.0 Å². The van der Waals surface area contributed by atoms with Crippen LogP contribution < -0.4 is 10.2 Å². The summed E-state index contributed by atoms with van der Waals surface area (Å²) in [6.45, 7) is 3.96. The third kappa shape index (κ3) is 4.05. The normalized spacial score (nSPS) is 14.2. The number of pyridine rings is 1. The predicted molar refractivity (Wildman–Crippen MR) is 87.4 cm³/mol. The Morgan fingerprint density at radius 2 is 2.05 bits per heavy atom. The second-order valence-corrected chi connectivity index (χ2v) is 6.02. The van der Waals surface area contributed by atoms with Gasteiger partial charge in [0.15, 0.2) is 0 Å². The Kier molecular flexibility index (Phi) is 4.20. The van der Waals surface area contributed by atoms with Crippen molar-refractivity contribution >= 4 is 5.82 Å². The van der Waals surface area contributed by atoms with Crippen LogP contribution in [0, 0.1) is 6.92 Å². The smallest absolute Gasteiger partial charge is 0.128 e. The third-order valence-electron chi connectivity index (χ3n) is 3.88. The van der Waals surface area contributed by atoms with E-state index in [-0.39, 0.29) is 0 Å². The van der Waals surface area contributed by atoms with Crippen molar-refractivity contribution in [2.45, 2.75) is 38.9 Å². The molecule has 0 unspecified atom stereocenters. The first-order chi connectivity index (χ1) is 10.2. The Morgan fingerprint density at radius 1 is 1.19 bits per heavy atom. The van der Waals surface area contributed by atoms with Crippen molar-refractivity contribution < 1.29 is 0 Å². The molecule has 0 aliphatic heterocycles. The van der Waals surface area contributed by atoms with Gasteiger partial charge in [-0.3, -0.25) is 0 Å². The van der Waals surface area contributed by atoms with E-state index < -0.39 is 0 Å². The summed E-state index contributed by atoms with van der Waals surface area (Å²) in [6, 6.07) is 13.7. The van der Waals surface area contributed by atoms with Gasteiger partial charge in [-0.25, -0.2) is 4.98 Å². The fourth-order valence-corrected chi connectivity index (χ4v) is 2.49. The number of hydrogen-bond acceptors (Lipinski definition) is 3. The highest BCUT2D eigenvalue weighted by molar-refractivity contribution is 5.41. The lowest BCUT2D eigenvalue weighted by molar-refractivity contribution is 0.686. The lowest BCUT2D eigenvalue weighted by atomic mass is 10.1. The predicted octanol–water partition coefficient (Wildman–Crippen LogP) is 3.28. The molecule has 1 heterocycles. The number of benzene rings is 1. The van der Waals surface area contributed by atoms with Gasteiger partial charge in [0.2, 0.25) is 0 Å². The Labute approximate surface area is 127 Å². The van der Waals surface area contributed by atoms with Crippen LogP contribution in [-0.4, -0.2) is 18.1 Å². The lowest BCUT2D eigenvalue weighted by Gasteiger charge is -2.19. The molecule has 0 atom stereocenters. The van der Waals surface area contributed by atoms with Crippen LogP contribution in [0.4, 0.5) is 5.82 Å². The molecule has 21 heavy (non-hydrogen) atoms. The molecular formula is C18H23N3. The van der Waals surface area contributed by atoms with E-state index in [0.29, 0.717) is 0 Å². The van der Waals surface area contributed by atoms with Gasteiger partial charge in [-0.1, -0.05) is 29.8 Å². The third-order valence-corrected chi connectivity index (χ3v) is 3.88. The highest BCUT2D eigenvalue weighted by Crippen LogP contribution is 2.20. The molecular weight excluding hydrogens is 258 g/mol. The van der Waals surface area contributed by atoms with Crippen molar-refractivity contribution in [2.75, 3.05) is 11.9 Å². The molecule has 1 fully saturated rings. The second-order valence-electron chi connectivity index (χ2n) is 6.02. The van der Waals surface area contributed by atoms with Crippen LogP contribution in [0.3, 0.4) is 0 Å². The maximum atomic E-state index is 4.50. The number of nitrogens with one attached hydrogen (secondary N) is 1. The average molecular weight is 281 g/mol. The standard InChI is InChI=1S/C18H23N3/c1-14-4-3-5-16(10-14)13-21(2)18-11-15(8-9-19-18)12-20-17-6-7-17/h3-5,8-11,17,20H,6-7,12-13H2,1-2H3. The first-order valence-electron chi connectivity index (χ1n) is 7.66. The Balaban J connectivity index is 1.65. The number of nitrogens with zero attached hydrogens (tertiary/aromatic N) is 2. The monoisotopic (exact) mass is 281 g/mol. The highest BCUT2D eigenvalue weighted by atomic mass is 15.2. The van der Waals surface area contributed by atoms with E-state index in [0.717, 1.165) is 24.9 Å². The summed E-state index contributed by atoms with van der Waals surface area (Å²) in [5, 5.41) is 3.55. The summed E-state index contributed by atoms with van der Waals surface area (Å²) in [6.07, 6.45) is 4.56. The van der Waals surface area contributed by atoms with Crippen LogP contribution in [0.2, 0.25) is 0 Å². The number of aryl methyl sites for hydroxylation is 1. The van der Waals surface area contributed by atoms with Crippen LogP contribution in [0.5, 0.6) is 0 Å². The minimum Gasteiger partial charge on any atom is -0.355 e. The summed E-state index contributed by atoms with van der Waals surface area (Å²) in [7, 11) is 2.10. The Bertz CT molecular complexity index is 605. The summed E-state index contributed by atoms with van der Waals surface area (Å²) in [5.41, 5.74) is 3.93. The zero-order valence-electron chi connectivity index (χ0n) is 12.8. The molecule has 3 heteroatoms. The van der Waals surface area contributed by atoms with E-state index in [2.05, 4.69) is 65.6 Å². The zero-order valence-corrected chi connectivity index (χ0v) is 12.8. The molecule has 0 spiro atoms. The molecule has 110 valence electrons. The van der Waals surface area contributed by atoms with E-state index in [1.165, 1.54) is 29.5 Å². The molecule has 2 aromatic rings.